The zero-order valence-electron chi connectivity index (χ0n) is 25.7. The van der Waals surface area contributed by atoms with Gasteiger partial charge in [0, 0.05) is 11.1 Å². The van der Waals surface area contributed by atoms with Crippen LogP contribution in [0.25, 0.3) is 10.8 Å². The van der Waals surface area contributed by atoms with Crippen LogP contribution in [0.3, 0.4) is 0 Å². The number of rotatable bonds is 15. The molecule has 1 fully saturated rings. The Kier molecular flexibility index (Phi) is 13.2. The van der Waals surface area contributed by atoms with E-state index in [-0.39, 0.29) is 0 Å². The minimum atomic E-state index is 0.745. The molecule has 0 spiro atoms. The standard InChI is InChI=1S/C40H54/c1-3-5-7-9-11-13-15-33-19-25-37(26-20-33)38-27-21-34(22-28-38)17-18-36-24-30-39-31-35(23-29-40(39)32-36)16-14-12-10-8-6-4-2/h21-24,27-33,37H,3-16,19-20,25-26H2,1-2H3. The maximum Gasteiger partial charge on any atom is 0.0255 e. The third-order valence-electron chi connectivity index (χ3n) is 9.27. The lowest BCUT2D eigenvalue weighted by atomic mass is 9.77. The molecule has 0 radical (unpaired) electrons. The summed E-state index contributed by atoms with van der Waals surface area (Å²) in [5, 5.41) is 2.63. The van der Waals surface area contributed by atoms with Gasteiger partial charge in [0.1, 0.15) is 0 Å². The number of hydrogen-bond acceptors (Lipinski definition) is 0. The van der Waals surface area contributed by atoms with E-state index < -0.39 is 0 Å². The number of fused-ring (bicyclic) bond motifs is 1. The molecule has 1 aliphatic rings. The van der Waals surface area contributed by atoms with Crippen molar-refractivity contribution in [3.63, 3.8) is 0 Å². The third kappa shape index (κ3) is 10.1. The van der Waals surface area contributed by atoms with Gasteiger partial charge >= 0.3 is 0 Å². The van der Waals surface area contributed by atoms with Gasteiger partial charge in [0.15, 0.2) is 0 Å². The molecule has 1 saturated carbocycles. The molecule has 214 valence electrons. The van der Waals surface area contributed by atoms with E-state index in [4.69, 9.17) is 0 Å². The van der Waals surface area contributed by atoms with Crippen LogP contribution in [0.1, 0.15) is 151 Å². The van der Waals surface area contributed by atoms with E-state index in [1.165, 1.54) is 137 Å². The van der Waals surface area contributed by atoms with Gasteiger partial charge in [-0.25, -0.2) is 0 Å². The summed E-state index contributed by atoms with van der Waals surface area (Å²) in [4.78, 5) is 0. The van der Waals surface area contributed by atoms with Crippen LogP contribution >= 0.6 is 0 Å². The molecular weight excluding hydrogens is 480 g/mol. The fourth-order valence-electron chi connectivity index (χ4n) is 6.62. The largest absolute Gasteiger partial charge is 0.0654 e. The molecule has 4 rings (SSSR count). The van der Waals surface area contributed by atoms with Crippen LogP contribution in [0.4, 0.5) is 0 Å². The van der Waals surface area contributed by atoms with Crippen molar-refractivity contribution in [2.75, 3.05) is 0 Å². The number of aryl methyl sites for hydroxylation is 1. The van der Waals surface area contributed by atoms with Crippen molar-refractivity contribution in [3.8, 4) is 11.8 Å². The minimum Gasteiger partial charge on any atom is -0.0654 e. The Hall–Kier alpha value is -2.52. The van der Waals surface area contributed by atoms with Gasteiger partial charge in [-0.1, -0.05) is 139 Å². The highest BCUT2D eigenvalue weighted by atomic mass is 14.3. The number of hydrogen-bond donors (Lipinski definition) is 0. The Balaban J connectivity index is 1.22. The highest BCUT2D eigenvalue weighted by Gasteiger charge is 2.21. The van der Waals surface area contributed by atoms with E-state index in [0.717, 1.165) is 23.0 Å². The second-order valence-corrected chi connectivity index (χ2v) is 12.6. The van der Waals surface area contributed by atoms with Crippen molar-refractivity contribution in [3.05, 3.63) is 82.9 Å². The average Bonchev–Trinajstić information content (AvgIpc) is 3.00. The molecule has 1 aliphatic carbocycles. The third-order valence-corrected chi connectivity index (χ3v) is 9.27. The Morgan fingerprint density at radius 1 is 0.550 bits per heavy atom. The van der Waals surface area contributed by atoms with Crippen LogP contribution in [0.2, 0.25) is 0 Å². The maximum absolute atomic E-state index is 3.42. The summed E-state index contributed by atoms with van der Waals surface area (Å²) in [5.74, 6) is 8.55. The van der Waals surface area contributed by atoms with E-state index in [9.17, 15) is 0 Å². The Morgan fingerprint density at radius 2 is 1.12 bits per heavy atom. The molecule has 3 aromatic carbocycles. The van der Waals surface area contributed by atoms with Crippen molar-refractivity contribution in [2.24, 2.45) is 5.92 Å². The lowest BCUT2D eigenvalue weighted by Crippen LogP contribution is -2.13. The predicted molar refractivity (Wildman–Crippen MR) is 176 cm³/mol. The van der Waals surface area contributed by atoms with Crippen molar-refractivity contribution < 1.29 is 0 Å². The second kappa shape index (κ2) is 17.3. The summed E-state index contributed by atoms with van der Waals surface area (Å²) in [7, 11) is 0. The summed E-state index contributed by atoms with van der Waals surface area (Å²) in [5.41, 5.74) is 5.21. The first kappa shape index (κ1) is 30.4. The first-order valence-corrected chi connectivity index (χ1v) is 16.9. The van der Waals surface area contributed by atoms with Crippen molar-refractivity contribution in [1.82, 2.24) is 0 Å². The lowest BCUT2D eigenvalue weighted by Gasteiger charge is -2.29. The average molecular weight is 535 g/mol. The van der Waals surface area contributed by atoms with Gasteiger partial charge in [0.2, 0.25) is 0 Å². The fraction of sp³-hybridized carbons (Fsp3) is 0.550. The Bertz CT molecular complexity index is 1180. The van der Waals surface area contributed by atoms with Gasteiger partial charge in [-0.05, 0) is 96.5 Å². The van der Waals surface area contributed by atoms with Gasteiger partial charge in [-0.2, -0.15) is 0 Å². The fourth-order valence-corrected chi connectivity index (χ4v) is 6.62. The molecular formula is C40H54. The SMILES string of the molecule is CCCCCCCCc1ccc2cc(C#Cc3ccc(C4CCC(CCCCCCCC)CC4)cc3)ccc2c1. The molecule has 0 heteroatoms. The predicted octanol–water partition coefficient (Wildman–Crippen LogP) is 12.2. The number of unbranched alkanes of at least 4 members (excludes halogenated alkanes) is 10. The van der Waals surface area contributed by atoms with Crippen LogP contribution in [0.15, 0.2) is 60.7 Å². The Morgan fingerprint density at radius 3 is 1.85 bits per heavy atom. The van der Waals surface area contributed by atoms with E-state index in [0.29, 0.717) is 0 Å². The summed E-state index contributed by atoms with van der Waals surface area (Å²) in [6.07, 6.45) is 24.9. The van der Waals surface area contributed by atoms with Crippen molar-refractivity contribution in [2.45, 2.75) is 135 Å². The molecule has 0 N–H and O–H groups in total. The Labute approximate surface area is 246 Å². The quantitative estimate of drug-likeness (QED) is 0.134. The maximum atomic E-state index is 3.42. The van der Waals surface area contributed by atoms with E-state index in [1.807, 2.05) is 0 Å². The normalized spacial score (nSPS) is 17.1. The smallest absolute Gasteiger partial charge is 0.0255 e. The molecule has 0 bridgehead atoms. The molecule has 0 unspecified atom stereocenters. The van der Waals surface area contributed by atoms with Crippen LogP contribution in [0, 0.1) is 17.8 Å². The molecule has 0 heterocycles. The van der Waals surface area contributed by atoms with Crippen molar-refractivity contribution in [1.29, 1.82) is 0 Å². The molecule has 40 heavy (non-hydrogen) atoms. The molecule has 0 nitrogen and oxygen atoms in total. The van der Waals surface area contributed by atoms with Crippen LogP contribution < -0.4 is 0 Å². The highest BCUT2D eigenvalue weighted by Crippen LogP contribution is 2.37. The van der Waals surface area contributed by atoms with Crippen LogP contribution in [0.5, 0.6) is 0 Å². The van der Waals surface area contributed by atoms with Gasteiger partial charge < -0.3 is 0 Å². The zero-order valence-corrected chi connectivity index (χ0v) is 25.7. The molecule has 0 amide bonds. The molecule has 3 aromatic rings. The lowest BCUT2D eigenvalue weighted by molar-refractivity contribution is 0.302. The van der Waals surface area contributed by atoms with Gasteiger partial charge in [0.05, 0.1) is 0 Å². The van der Waals surface area contributed by atoms with Gasteiger partial charge in [-0.15, -0.1) is 0 Å². The monoisotopic (exact) mass is 534 g/mol. The summed E-state index contributed by atoms with van der Waals surface area (Å²) >= 11 is 0. The zero-order chi connectivity index (χ0) is 27.8. The summed E-state index contributed by atoms with van der Waals surface area (Å²) in [6.45, 7) is 4.59. The molecule has 0 aliphatic heterocycles. The first-order chi connectivity index (χ1) is 19.7. The van der Waals surface area contributed by atoms with Gasteiger partial charge in [-0.3, -0.25) is 0 Å². The molecule has 0 saturated heterocycles. The molecule has 0 atom stereocenters. The topological polar surface area (TPSA) is 0 Å². The van der Waals surface area contributed by atoms with Gasteiger partial charge in [0.25, 0.3) is 0 Å². The summed E-state index contributed by atoms with van der Waals surface area (Å²) in [6, 6.07) is 22.8. The van der Waals surface area contributed by atoms with Crippen LogP contribution in [-0.2, 0) is 6.42 Å². The highest BCUT2D eigenvalue weighted by molar-refractivity contribution is 5.84. The summed E-state index contributed by atoms with van der Waals surface area (Å²) < 4.78 is 0. The second-order valence-electron chi connectivity index (χ2n) is 12.6. The first-order valence-electron chi connectivity index (χ1n) is 16.9. The van der Waals surface area contributed by atoms with E-state index in [1.54, 1.807) is 0 Å². The number of benzene rings is 3. The molecule has 0 aromatic heterocycles. The van der Waals surface area contributed by atoms with E-state index >= 15 is 0 Å². The minimum absolute atomic E-state index is 0.745. The van der Waals surface area contributed by atoms with Crippen molar-refractivity contribution >= 4 is 10.8 Å². The van der Waals surface area contributed by atoms with Crippen LogP contribution in [-0.4, -0.2) is 0 Å². The van der Waals surface area contributed by atoms with E-state index in [2.05, 4.69) is 86.4 Å².